The molecule has 1 atom stereocenters. The molecular weight excluding hydrogens is 344 g/mol. The van der Waals surface area contributed by atoms with Gasteiger partial charge in [-0.1, -0.05) is 30.3 Å². The van der Waals surface area contributed by atoms with E-state index in [-0.39, 0.29) is 0 Å². The summed E-state index contributed by atoms with van der Waals surface area (Å²) in [6.07, 6.45) is 3.25. The molecule has 27 heavy (non-hydrogen) atoms. The number of hydrogen-bond acceptors (Lipinski definition) is 4. The molecule has 2 N–H and O–H groups in total. The molecule has 2 aromatic carbocycles. The van der Waals surface area contributed by atoms with Crippen LogP contribution in [0.3, 0.4) is 0 Å². The second-order valence-corrected chi connectivity index (χ2v) is 5.90. The average molecular weight is 362 g/mol. The maximum absolute atomic E-state index is 12.6. The van der Waals surface area contributed by atoms with Crippen molar-refractivity contribution in [3.05, 3.63) is 78.6 Å². The lowest BCUT2D eigenvalue weighted by molar-refractivity contribution is -0.138. The fourth-order valence-corrected chi connectivity index (χ4v) is 2.52. The van der Waals surface area contributed by atoms with Crippen molar-refractivity contribution in [2.45, 2.75) is 13.0 Å². The fraction of sp³-hybridized carbons (Fsp3) is 0.0952. The molecule has 6 heteroatoms. The van der Waals surface area contributed by atoms with Gasteiger partial charge in [0, 0.05) is 11.8 Å². The Kier molecular flexibility index (Phi) is 5.47. The zero-order chi connectivity index (χ0) is 19.2. The maximum Gasteiger partial charge on any atom is 0.325 e. The molecular formula is C21H18N2O4. The van der Waals surface area contributed by atoms with E-state index >= 15 is 0 Å². The summed E-state index contributed by atoms with van der Waals surface area (Å²) < 4.78 is 5.81. The van der Waals surface area contributed by atoms with Gasteiger partial charge in [0.1, 0.15) is 17.5 Å². The minimum atomic E-state index is -1.10. The summed E-state index contributed by atoms with van der Waals surface area (Å²) in [6, 6.07) is 17.0. The maximum atomic E-state index is 12.6. The lowest BCUT2D eigenvalue weighted by Gasteiger charge is -2.14. The number of carbonyl (C=O) groups excluding carboxylic acids is 1. The first kappa shape index (κ1) is 18.1. The number of carbonyl (C=O) groups is 2. The highest BCUT2D eigenvalue weighted by Gasteiger charge is 2.19. The van der Waals surface area contributed by atoms with Gasteiger partial charge >= 0.3 is 5.97 Å². The minimum absolute atomic E-state index is 0.368. The zero-order valence-electron chi connectivity index (χ0n) is 14.6. The highest BCUT2D eigenvalue weighted by Crippen LogP contribution is 2.30. The van der Waals surface area contributed by atoms with Crippen molar-refractivity contribution in [3.63, 3.8) is 0 Å². The molecule has 0 bridgehead atoms. The molecule has 3 aromatic rings. The van der Waals surface area contributed by atoms with Gasteiger partial charge in [-0.15, -0.1) is 0 Å². The molecule has 1 aromatic heterocycles. The van der Waals surface area contributed by atoms with Gasteiger partial charge in [0.15, 0.2) is 0 Å². The average Bonchev–Trinajstić information content (AvgIpc) is 2.69. The largest absolute Gasteiger partial charge is 0.480 e. The third-order valence-corrected chi connectivity index (χ3v) is 3.91. The number of pyridine rings is 1. The second-order valence-electron chi connectivity index (χ2n) is 5.90. The van der Waals surface area contributed by atoms with Crippen LogP contribution in [0.15, 0.2) is 73.1 Å². The number of carboxylic acid groups (broad SMARTS) is 1. The molecule has 0 aliphatic rings. The highest BCUT2D eigenvalue weighted by molar-refractivity contribution is 6.02. The van der Waals surface area contributed by atoms with Gasteiger partial charge in [0.2, 0.25) is 0 Å². The molecule has 3 rings (SSSR count). The first-order valence-electron chi connectivity index (χ1n) is 8.35. The van der Waals surface area contributed by atoms with Crippen LogP contribution in [-0.2, 0) is 4.79 Å². The minimum Gasteiger partial charge on any atom is -0.480 e. The predicted molar refractivity (Wildman–Crippen MR) is 101 cm³/mol. The Balaban J connectivity index is 1.97. The molecule has 1 heterocycles. The van der Waals surface area contributed by atoms with Crippen LogP contribution in [0, 0.1) is 0 Å². The second kappa shape index (κ2) is 8.14. The number of nitrogens with zero attached hydrogens (tertiary/aromatic N) is 1. The third-order valence-electron chi connectivity index (χ3n) is 3.91. The summed E-state index contributed by atoms with van der Waals surface area (Å²) in [5.74, 6) is -0.435. The Bertz CT molecular complexity index is 943. The number of benzene rings is 2. The molecule has 0 aliphatic carbocycles. The summed E-state index contributed by atoms with van der Waals surface area (Å²) in [5, 5.41) is 11.5. The molecule has 0 aliphatic heterocycles. The van der Waals surface area contributed by atoms with E-state index in [1.54, 1.807) is 42.7 Å². The number of amides is 1. The first-order chi connectivity index (χ1) is 13.0. The number of carboxylic acids is 1. The number of hydrogen-bond donors (Lipinski definition) is 2. The van der Waals surface area contributed by atoms with Crippen molar-refractivity contribution in [1.29, 1.82) is 0 Å². The fourth-order valence-electron chi connectivity index (χ4n) is 2.52. The molecule has 6 nitrogen and oxygen atoms in total. The van der Waals surface area contributed by atoms with Crippen molar-refractivity contribution in [2.75, 3.05) is 0 Å². The van der Waals surface area contributed by atoms with Crippen molar-refractivity contribution in [1.82, 2.24) is 10.3 Å². The lowest BCUT2D eigenvalue weighted by Crippen LogP contribution is -2.38. The van der Waals surface area contributed by atoms with Crippen LogP contribution in [0.25, 0.3) is 11.1 Å². The number of aliphatic carboxylic acids is 1. The summed E-state index contributed by atoms with van der Waals surface area (Å²) in [4.78, 5) is 27.6. The molecule has 0 unspecified atom stereocenters. The van der Waals surface area contributed by atoms with E-state index in [9.17, 15) is 9.59 Å². The van der Waals surface area contributed by atoms with Crippen molar-refractivity contribution in [3.8, 4) is 22.6 Å². The highest BCUT2D eigenvalue weighted by atomic mass is 16.5. The first-order valence-corrected chi connectivity index (χ1v) is 8.35. The summed E-state index contributed by atoms with van der Waals surface area (Å²) >= 11 is 0. The Labute approximate surface area is 156 Å². The monoisotopic (exact) mass is 362 g/mol. The van der Waals surface area contributed by atoms with Crippen LogP contribution in [0.2, 0.25) is 0 Å². The summed E-state index contributed by atoms with van der Waals surface area (Å²) in [5.41, 5.74) is 1.84. The molecule has 0 saturated carbocycles. The number of aromatic nitrogens is 1. The van der Waals surface area contributed by atoms with Gasteiger partial charge in [-0.2, -0.15) is 0 Å². The third kappa shape index (κ3) is 4.49. The normalized spacial score (nSPS) is 11.4. The summed E-state index contributed by atoms with van der Waals surface area (Å²) in [6.45, 7) is 1.42. The predicted octanol–water partition coefficient (Wildman–Crippen LogP) is 3.74. The Hall–Kier alpha value is -3.67. The summed E-state index contributed by atoms with van der Waals surface area (Å²) in [7, 11) is 0. The smallest absolute Gasteiger partial charge is 0.325 e. The van der Waals surface area contributed by atoms with E-state index in [0.29, 0.717) is 22.6 Å². The topological polar surface area (TPSA) is 88.5 Å². The molecule has 0 saturated heterocycles. The molecule has 0 radical (unpaired) electrons. The number of ether oxygens (including phenoxy) is 1. The van der Waals surface area contributed by atoms with Crippen LogP contribution in [0.1, 0.15) is 17.3 Å². The van der Waals surface area contributed by atoms with E-state index in [0.717, 1.165) is 5.56 Å². The Morgan fingerprint density at radius 3 is 2.48 bits per heavy atom. The van der Waals surface area contributed by atoms with Crippen LogP contribution < -0.4 is 10.1 Å². The number of rotatable bonds is 6. The van der Waals surface area contributed by atoms with E-state index in [4.69, 9.17) is 9.84 Å². The van der Waals surface area contributed by atoms with Crippen molar-refractivity contribution >= 4 is 11.9 Å². The van der Waals surface area contributed by atoms with Crippen LogP contribution in [0.5, 0.6) is 11.5 Å². The molecule has 0 fully saturated rings. The van der Waals surface area contributed by atoms with Crippen molar-refractivity contribution in [2.24, 2.45) is 0 Å². The zero-order valence-corrected chi connectivity index (χ0v) is 14.6. The van der Waals surface area contributed by atoms with Crippen molar-refractivity contribution < 1.29 is 19.4 Å². The quantitative estimate of drug-likeness (QED) is 0.697. The SMILES string of the molecule is C[C@H](NC(=O)c1ccc(Oc2cccnc2)cc1-c1ccccc1)C(=O)O. The van der Waals surface area contributed by atoms with Gasteiger partial charge in [-0.3, -0.25) is 14.6 Å². The van der Waals surface area contributed by atoms with Crippen LogP contribution in [0.4, 0.5) is 0 Å². The Morgan fingerprint density at radius 2 is 1.81 bits per heavy atom. The lowest BCUT2D eigenvalue weighted by atomic mass is 9.98. The van der Waals surface area contributed by atoms with Gasteiger partial charge in [-0.25, -0.2) is 0 Å². The van der Waals surface area contributed by atoms with Gasteiger partial charge in [0.25, 0.3) is 5.91 Å². The van der Waals surface area contributed by atoms with Crippen LogP contribution in [-0.4, -0.2) is 28.0 Å². The molecule has 0 spiro atoms. The van der Waals surface area contributed by atoms with E-state index in [1.165, 1.54) is 6.92 Å². The van der Waals surface area contributed by atoms with E-state index in [2.05, 4.69) is 10.3 Å². The van der Waals surface area contributed by atoms with Gasteiger partial charge < -0.3 is 15.2 Å². The Morgan fingerprint density at radius 1 is 1.04 bits per heavy atom. The van der Waals surface area contributed by atoms with Gasteiger partial charge in [-0.05, 0) is 48.4 Å². The number of nitrogens with one attached hydrogen (secondary N) is 1. The van der Waals surface area contributed by atoms with E-state index in [1.807, 2.05) is 30.3 Å². The standard InChI is InChI=1S/C21H18N2O4/c1-14(21(25)26)23-20(24)18-10-9-16(27-17-8-5-11-22-13-17)12-19(18)15-6-3-2-4-7-15/h2-14H,1H3,(H,23,24)(H,25,26)/t14-/m0/s1. The van der Waals surface area contributed by atoms with Crippen LogP contribution >= 0.6 is 0 Å². The van der Waals surface area contributed by atoms with Gasteiger partial charge in [0.05, 0.1) is 6.20 Å². The van der Waals surface area contributed by atoms with E-state index < -0.39 is 17.9 Å². The molecule has 136 valence electrons. The molecule has 1 amide bonds.